The number of hydrogen-bond acceptors (Lipinski definition) is 5. The van der Waals surface area contributed by atoms with Gasteiger partial charge in [-0.1, -0.05) is 30.3 Å². The zero-order chi connectivity index (χ0) is 19.4. The summed E-state index contributed by atoms with van der Waals surface area (Å²) in [6.07, 6.45) is -1.70. The van der Waals surface area contributed by atoms with Crippen LogP contribution in [-0.2, 0) is 0 Å². The maximum absolute atomic E-state index is 12.0. The van der Waals surface area contributed by atoms with E-state index in [1.165, 1.54) is 6.07 Å². The van der Waals surface area contributed by atoms with Crippen LogP contribution in [0.3, 0.4) is 0 Å². The molecule has 0 saturated carbocycles. The summed E-state index contributed by atoms with van der Waals surface area (Å²) in [7, 11) is 0. The molecule has 5 heteroatoms. The van der Waals surface area contributed by atoms with Crippen LogP contribution in [0, 0.1) is 0 Å². The van der Waals surface area contributed by atoms with Crippen LogP contribution < -0.4 is 10.5 Å². The smallest absolute Gasteiger partial charge is 0.336 e. The molecule has 1 aromatic heterocycles. The minimum absolute atomic E-state index is 0.0976. The van der Waals surface area contributed by atoms with E-state index in [4.69, 9.17) is 4.42 Å². The normalized spacial score (nSPS) is 13.5. The van der Waals surface area contributed by atoms with Gasteiger partial charge in [-0.05, 0) is 37.1 Å². The van der Waals surface area contributed by atoms with Crippen molar-refractivity contribution in [2.75, 3.05) is 18.0 Å². The molecule has 0 aliphatic carbocycles. The molecule has 0 aliphatic heterocycles. The Morgan fingerprint density at radius 3 is 2.33 bits per heavy atom. The molecule has 0 spiro atoms. The molecule has 0 aliphatic rings. The molecule has 2 atom stereocenters. The van der Waals surface area contributed by atoms with Crippen molar-refractivity contribution >= 4 is 16.7 Å². The van der Waals surface area contributed by atoms with Crippen molar-refractivity contribution in [3.05, 3.63) is 76.1 Å². The summed E-state index contributed by atoms with van der Waals surface area (Å²) >= 11 is 0. The van der Waals surface area contributed by atoms with Gasteiger partial charge in [0.15, 0.2) is 0 Å². The van der Waals surface area contributed by atoms with Gasteiger partial charge < -0.3 is 19.5 Å². The lowest BCUT2D eigenvalue weighted by Crippen LogP contribution is -2.21. The van der Waals surface area contributed by atoms with Crippen molar-refractivity contribution in [1.82, 2.24) is 0 Å². The van der Waals surface area contributed by atoms with Gasteiger partial charge in [-0.2, -0.15) is 0 Å². The van der Waals surface area contributed by atoms with Crippen LogP contribution in [0.2, 0.25) is 0 Å². The first-order valence-electron chi connectivity index (χ1n) is 9.27. The van der Waals surface area contributed by atoms with Crippen molar-refractivity contribution in [3.8, 4) is 0 Å². The third-order valence-corrected chi connectivity index (χ3v) is 4.88. The number of aliphatic hydroxyl groups is 2. The lowest BCUT2D eigenvalue weighted by atomic mass is 9.97. The summed E-state index contributed by atoms with van der Waals surface area (Å²) in [6.45, 7) is 5.82. The van der Waals surface area contributed by atoms with Gasteiger partial charge in [0.1, 0.15) is 5.58 Å². The maximum Gasteiger partial charge on any atom is 0.336 e. The van der Waals surface area contributed by atoms with E-state index in [0.717, 1.165) is 24.3 Å². The molecule has 2 N–H and O–H groups in total. The highest BCUT2D eigenvalue weighted by Crippen LogP contribution is 2.31. The standard InChI is InChI=1S/C22H25NO4/c1-3-23(4-2)16-10-11-17-18(13-22(26)27-21(17)12-16)20(25)14-19(24)15-8-6-5-7-9-15/h5-13,19-20,24-25H,3-4,14H2,1-2H3. The van der Waals surface area contributed by atoms with E-state index >= 15 is 0 Å². The minimum atomic E-state index is -0.980. The number of benzene rings is 2. The van der Waals surface area contributed by atoms with E-state index in [2.05, 4.69) is 18.7 Å². The zero-order valence-electron chi connectivity index (χ0n) is 15.6. The lowest BCUT2D eigenvalue weighted by Gasteiger charge is -2.22. The highest BCUT2D eigenvalue weighted by molar-refractivity contribution is 5.84. The molecule has 142 valence electrons. The molecule has 1 heterocycles. The van der Waals surface area contributed by atoms with Crippen LogP contribution in [0.15, 0.2) is 63.8 Å². The number of anilines is 1. The third kappa shape index (κ3) is 4.21. The topological polar surface area (TPSA) is 73.9 Å². The molecule has 0 radical (unpaired) electrons. The second kappa shape index (κ2) is 8.37. The van der Waals surface area contributed by atoms with Gasteiger partial charge in [-0.3, -0.25) is 0 Å². The molecule has 27 heavy (non-hydrogen) atoms. The van der Waals surface area contributed by atoms with E-state index in [1.54, 1.807) is 0 Å². The molecule has 3 rings (SSSR count). The monoisotopic (exact) mass is 367 g/mol. The number of hydrogen-bond donors (Lipinski definition) is 2. The van der Waals surface area contributed by atoms with Gasteiger partial charge in [0.05, 0.1) is 12.2 Å². The SMILES string of the molecule is CCN(CC)c1ccc2c(C(O)CC(O)c3ccccc3)cc(=O)oc2c1. The Balaban J connectivity index is 1.94. The van der Waals surface area contributed by atoms with E-state index in [-0.39, 0.29) is 6.42 Å². The largest absolute Gasteiger partial charge is 0.423 e. The molecule has 0 saturated heterocycles. The third-order valence-electron chi connectivity index (χ3n) is 4.88. The second-order valence-electron chi connectivity index (χ2n) is 6.55. The predicted octanol–water partition coefficient (Wildman–Crippen LogP) is 3.80. The Hall–Kier alpha value is -2.63. The Labute approximate surface area is 158 Å². The summed E-state index contributed by atoms with van der Waals surface area (Å²) in [5.74, 6) is 0. The first-order valence-corrected chi connectivity index (χ1v) is 9.27. The van der Waals surface area contributed by atoms with Crippen LogP contribution in [0.4, 0.5) is 5.69 Å². The Morgan fingerprint density at radius 1 is 0.963 bits per heavy atom. The number of aliphatic hydroxyl groups excluding tert-OH is 2. The minimum Gasteiger partial charge on any atom is -0.423 e. The van der Waals surface area contributed by atoms with Gasteiger partial charge >= 0.3 is 5.63 Å². The van der Waals surface area contributed by atoms with Gasteiger partial charge in [0.25, 0.3) is 0 Å². The van der Waals surface area contributed by atoms with E-state index in [9.17, 15) is 15.0 Å². The van der Waals surface area contributed by atoms with Crippen molar-refractivity contribution in [2.45, 2.75) is 32.5 Å². The van der Waals surface area contributed by atoms with Crippen LogP contribution in [0.5, 0.6) is 0 Å². The van der Waals surface area contributed by atoms with Gasteiger partial charge in [0, 0.05) is 42.7 Å². The number of rotatable bonds is 7. The molecule has 2 aromatic carbocycles. The first kappa shape index (κ1) is 19.1. The fourth-order valence-corrected chi connectivity index (χ4v) is 3.39. The number of fused-ring (bicyclic) bond motifs is 1. The molecule has 0 bridgehead atoms. The predicted molar refractivity (Wildman–Crippen MR) is 107 cm³/mol. The van der Waals surface area contributed by atoms with Crippen LogP contribution in [-0.4, -0.2) is 23.3 Å². The highest BCUT2D eigenvalue weighted by Gasteiger charge is 2.19. The highest BCUT2D eigenvalue weighted by atomic mass is 16.4. The molecule has 3 aromatic rings. The van der Waals surface area contributed by atoms with Crippen molar-refractivity contribution < 1.29 is 14.6 Å². The van der Waals surface area contributed by atoms with Crippen LogP contribution in [0.25, 0.3) is 11.0 Å². The van der Waals surface area contributed by atoms with Crippen molar-refractivity contribution in [3.63, 3.8) is 0 Å². The quantitative estimate of drug-likeness (QED) is 0.622. The molecule has 0 amide bonds. The first-order chi connectivity index (χ1) is 13.0. The molecular formula is C22H25NO4. The van der Waals surface area contributed by atoms with Crippen LogP contribution in [0.1, 0.15) is 43.6 Å². The van der Waals surface area contributed by atoms with Gasteiger partial charge in [-0.25, -0.2) is 4.79 Å². The average molecular weight is 367 g/mol. The molecular weight excluding hydrogens is 342 g/mol. The molecule has 2 unspecified atom stereocenters. The Kier molecular flexibility index (Phi) is 5.94. The average Bonchev–Trinajstić information content (AvgIpc) is 2.68. The van der Waals surface area contributed by atoms with Crippen molar-refractivity contribution in [2.24, 2.45) is 0 Å². The number of nitrogens with zero attached hydrogens (tertiary/aromatic N) is 1. The summed E-state index contributed by atoms with van der Waals surface area (Å²) in [5, 5.41) is 21.8. The Bertz CT molecular complexity index is 947. The summed E-state index contributed by atoms with van der Waals surface area (Å²) in [5.41, 5.74) is 2.10. The molecule has 0 fully saturated rings. The summed E-state index contributed by atoms with van der Waals surface area (Å²) in [4.78, 5) is 14.2. The second-order valence-corrected chi connectivity index (χ2v) is 6.55. The van der Waals surface area contributed by atoms with Gasteiger partial charge in [-0.15, -0.1) is 0 Å². The van der Waals surface area contributed by atoms with Crippen LogP contribution >= 0.6 is 0 Å². The summed E-state index contributed by atoms with van der Waals surface area (Å²) in [6, 6.07) is 16.1. The van der Waals surface area contributed by atoms with E-state index in [1.807, 2.05) is 48.5 Å². The zero-order valence-corrected chi connectivity index (χ0v) is 15.6. The fourth-order valence-electron chi connectivity index (χ4n) is 3.39. The van der Waals surface area contributed by atoms with Gasteiger partial charge in [0.2, 0.25) is 0 Å². The Morgan fingerprint density at radius 2 is 1.67 bits per heavy atom. The molecule has 5 nitrogen and oxygen atoms in total. The van der Waals surface area contributed by atoms with Crippen molar-refractivity contribution in [1.29, 1.82) is 0 Å². The maximum atomic E-state index is 12.0. The summed E-state index contributed by atoms with van der Waals surface area (Å²) < 4.78 is 5.37. The lowest BCUT2D eigenvalue weighted by molar-refractivity contribution is 0.0809. The van der Waals surface area contributed by atoms with E-state index < -0.39 is 17.8 Å². The fraction of sp³-hybridized carbons (Fsp3) is 0.318. The van der Waals surface area contributed by atoms with E-state index in [0.29, 0.717) is 16.5 Å².